The van der Waals surface area contributed by atoms with Crippen molar-refractivity contribution in [3.05, 3.63) is 47.0 Å². The summed E-state index contributed by atoms with van der Waals surface area (Å²) in [7, 11) is 5.27. The molecule has 0 radical (unpaired) electrons. The maximum Gasteiger partial charge on any atom is 0.257 e. The van der Waals surface area contributed by atoms with Crippen molar-refractivity contribution >= 4 is 5.91 Å². The maximum atomic E-state index is 13.1. The molecule has 1 aromatic carbocycles. The van der Waals surface area contributed by atoms with Gasteiger partial charge in [0.15, 0.2) is 11.5 Å². The Hall–Kier alpha value is -2.67. The van der Waals surface area contributed by atoms with E-state index in [-0.39, 0.29) is 5.91 Å². The second-order valence-electron chi connectivity index (χ2n) is 7.80. The highest BCUT2D eigenvalue weighted by Gasteiger charge is 2.29. The average Bonchev–Trinajstić information content (AvgIpc) is 2.77. The lowest BCUT2D eigenvalue weighted by molar-refractivity contribution is 0.0707. The lowest BCUT2D eigenvalue weighted by Gasteiger charge is -2.32. The van der Waals surface area contributed by atoms with E-state index in [4.69, 9.17) is 14.5 Å². The van der Waals surface area contributed by atoms with Gasteiger partial charge in [-0.15, -0.1) is 0 Å². The van der Waals surface area contributed by atoms with Crippen LogP contribution in [0.1, 0.15) is 46.2 Å². The molecule has 4 rings (SSSR count). The highest BCUT2D eigenvalue weighted by atomic mass is 16.5. The first-order valence-electron chi connectivity index (χ1n) is 10.1. The van der Waals surface area contributed by atoms with Crippen LogP contribution in [0.3, 0.4) is 0 Å². The van der Waals surface area contributed by atoms with E-state index in [1.54, 1.807) is 26.4 Å². The molecule has 29 heavy (non-hydrogen) atoms. The molecule has 7 nitrogen and oxygen atoms in total. The second-order valence-corrected chi connectivity index (χ2v) is 7.80. The number of piperidine rings is 1. The van der Waals surface area contributed by atoms with E-state index in [1.165, 1.54) is 11.3 Å². The average molecular weight is 396 g/mol. The minimum atomic E-state index is -0.0198. The minimum Gasteiger partial charge on any atom is -0.493 e. The van der Waals surface area contributed by atoms with Gasteiger partial charge in [0.1, 0.15) is 5.82 Å². The predicted octanol–water partition coefficient (Wildman–Crippen LogP) is 2.50. The summed E-state index contributed by atoms with van der Waals surface area (Å²) in [6.45, 7) is 3.34. The van der Waals surface area contributed by atoms with Crippen molar-refractivity contribution in [3.63, 3.8) is 0 Å². The molecular weight excluding hydrogens is 368 g/mol. The number of carbonyl (C=O) groups excluding carboxylic acids is 1. The molecule has 2 aliphatic heterocycles. The molecule has 0 N–H and O–H groups in total. The van der Waals surface area contributed by atoms with Crippen LogP contribution in [0.15, 0.2) is 24.4 Å². The number of para-hydroxylation sites is 1. The number of aromatic nitrogens is 2. The molecule has 1 saturated heterocycles. The fraction of sp³-hybridized carbons (Fsp3) is 0.500. The summed E-state index contributed by atoms with van der Waals surface area (Å²) < 4.78 is 10.8. The van der Waals surface area contributed by atoms with Gasteiger partial charge in [-0.2, -0.15) is 0 Å². The first kappa shape index (κ1) is 19.6. The Morgan fingerprint density at radius 3 is 2.66 bits per heavy atom. The number of benzene rings is 1. The van der Waals surface area contributed by atoms with Crippen LogP contribution >= 0.6 is 0 Å². The molecule has 0 bridgehead atoms. The number of methoxy groups -OCH3 is 2. The number of fused-ring (bicyclic) bond motifs is 1. The number of ether oxygens (including phenoxy) is 2. The summed E-state index contributed by atoms with van der Waals surface area (Å²) in [6, 6.07) is 5.41. The van der Waals surface area contributed by atoms with Gasteiger partial charge in [0.25, 0.3) is 5.91 Å². The fourth-order valence-corrected chi connectivity index (χ4v) is 4.24. The van der Waals surface area contributed by atoms with Crippen LogP contribution in [0, 0.1) is 0 Å². The highest BCUT2D eigenvalue weighted by molar-refractivity contribution is 5.97. The summed E-state index contributed by atoms with van der Waals surface area (Å²) in [4.78, 5) is 26.8. The Balaban J connectivity index is 1.44. The first-order valence-corrected chi connectivity index (χ1v) is 10.1. The van der Waals surface area contributed by atoms with Gasteiger partial charge in [-0.1, -0.05) is 6.07 Å². The Morgan fingerprint density at radius 2 is 1.93 bits per heavy atom. The number of hydrogen-bond donors (Lipinski definition) is 0. The topological polar surface area (TPSA) is 67.8 Å². The van der Waals surface area contributed by atoms with Crippen LogP contribution < -0.4 is 9.47 Å². The van der Waals surface area contributed by atoms with Gasteiger partial charge in [0.2, 0.25) is 0 Å². The number of carbonyl (C=O) groups is 1. The molecule has 1 fully saturated rings. The van der Waals surface area contributed by atoms with Crippen LogP contribution in [0.25, 0.3) is 0 Å². The lowest BCUT2D eigenvalue weighted by Crippen LogP contribution is -2.38. The number of amides is 1. The first-order chi connectivity index (χ1) is 14.1. The normalized spacial score (nSPS) is 17.7. The second kappa shape index (κ2) is 8.37. The Kier molecular flexibility index (Phi) is 5.67. The number of nitrogens with zero attached hydrogens (tertiary/aromatic N) is 4. The standard InChI is InChI=1S/C22H28N4O3/c1-25-10-9-18-16(14-25)13-23-21(24-18)15-7-11-26(12-8-15)22(27)17-5-4-6-19(28-2)20(17)29-3/h4-6,13,15H,7-12,14H2,1-3H3. The molecule has 7 heteroatoms. The Bertz CT molecular complexity index is 894. The Labute approximate surface area is 171 Å². The SMILES string of the molecule is COc1cccc(C(=O)N2CCC(c3ncc4c(n3)CCN(C)C4)CC2)c1OC. The van der Waals surface area contributed by atoms with Gasteiger partial charge in [-0.25, -0.2) is 9.97 Å². The largest absolute Gasteiger partial charge is 0.493 e. The fourth-order valence-electron chi connectivity index (χ4n) is 4.24. The van der Waals surface area contributed by atoms with Gasteiger partial charge >= 0.3 is 0 Å². The van der Waals surface area contributed by atoms with Crippen molar-refractivity contribution < 1.29 is 14.3 Å². The van der Waals surface area contributed by atoms with Crippen molar-refractivity contribution in [1.29, 1.82) is 0 Å². The zero-order valence-electron chi connectivity index (χ0n) is 17.4. The molecule has 0 saturated carbocycles. The summed E-state index contributed by atoms with van der Waals surface area (Å²) in [6.07, 6.45) is 4.72. The molecule has 1 aromatic heterocycles. The van der Waals surface area contributed by atoms with Gasteiger partial charge in [0.05, 0.1) is 19.8 Å². The van der Waals surface area contributed by atoms with Gasteiger partial charge in [-0.05, 0) is 32.0 Å². The van der Waals surface area contributed by atoms with Crippen molar-refractivity contribution in [2.45, 2.75) is 31.7 Å². The van der Waals surface area contributed by atoms with Crippen molar-refractivity contribution in [3.8, 4) is 11.5 Å². The third-order valence-corrected chi connectivity index (χ3v) is 5.92. The van der Waals surface area contributed by atoms with Gasteiger partial charge < -0.3 is 19.3 Å². The molecule has 0 spiro atoms. The molecular formula is C22H28N4O3. The number of likely N-dealkylation sites (N-methyl/N-ethyl adjacent to an activating group) is 1. The molecule has 3 heterocycles. The molecule has 0 unspecified atom stereocenters. The van der Waals surface area contributed by atoms with E-state index in [2.05, 4.69) is 16.9 Å². The number of hydrogen-bond acceptors (Lipinski definition) is 6. The summed E-state index contributed by atoms with van der Waals surface area (Å²) in [5, 5.41) is 0. The smallest absolute Gasteiger partial charge is 0.257 e. The molecule has 0 atom stereocenters. The third kappa shape index (κ3) is 3.92. The van der Waals surface area contributed by atoms with Crippen LogP contribution in [-0.2, 0) is 13.0 Å². The molecule has 154 valence electrons. The van der Waals surface area contributed by atoms with Gasteiger partial charge in [0, 0.05) is 56.0 Å². The van der Waals surface area contributed by atoms with Crippen molar-refractivity contribution in [2.75, 3.05) is 40.9 Å². The number of likely N-dealkylation sites (tertiary alicyclic amines) is 1. The zero-order valence-corrected chi connectivity index (χ0v) is 17.4. The van der Waals surface area contributed by atoms with E-state index in [0.717, 1.165) is 38.2 Å². The predicted molar refractivity (Wildman–Crippen MR) is 109 cm³/mol. The summed E-state index contributed by atoms with van der Waals surface area (Å²) in [5.74, 6) is 2.27. The third-order valence-electron chi connectivity index (χ3n) is 5.92. The van der Waals surface area contributed by atoms with Crippen molar-refractivity contribution in [2.24, 2.45) is 0 Å². The van der Waals surface area contributed by atoms with E-state index in [0.29, 0.717) is 36.1 Å². The molecule has 1 amide bonds. The monoisotopic (exact) mass is 396 g/mol. The van der Waals surface area contributed by atoms with Gasteiger partial charge in [-0.3, -0.25) is 4.79 Å². The highest BCUT2D eigenvalue weighted by Crippen LogP contribution is 2.33. The van der Waals surface area contributed by atoms with Crippen molar-refractivity contribution in [1.82, 2.24) is 19.8 Å². The van der Waals surface area contributed by atoms with E-state index in [1.807, 2.05) is 17.2 Å². The maximum absolute atomic E-state index is 13.1. The minimum absolute atomic E-state index is 0.0198. The van der Waals surface area contributed by atoms with E-state index >= 15 is 0 Å². The van der Waals surface area contributed by atoms with Crippen LogP contribution in [0.4, 0.5) is 0 Å². The van der Waals surface area contributed by atoms with E-state index in [9.17, 15) is 4.79 Å². The molecule has 2 aliphatic rings. The lowest BCUT2D eigenvalue weighted by atomic mass is 9.94. The summed E-state index contributed by atoms with van der Waals surface area (Å²) in [5.41, 5.74) is 2.97. The Morgan fingerprint density at radius 1 is 1.14 bits per heavy atom. The molecule has 2 aromatic rings. The van der Waals surface area contributed by atoms with Crippen LogP contribution in [0.2, 0.25) is 0 Å². The van der Waals surface area contributed by atoms with Crippen LogP contribution in [-0.4, -0.2) is 66.6 Å². The van der Waals surface area contributed by atoms with Crippen LogP contribution in [0.5, 0.6) is 11.5 Å². The quantitative estimate of drug-likeness (QED) is 0.791. The zero-order chi connectivity index (χ0) is 20.4. The number of rotatable bonds is 4. The molecule has 0 aliphatic carbocycles. The van der Waals surface area contributed by atoms with E-state index < -0.39 is 0 Å². The summed E-state index contributed by atoms with van der Waals surface area (Å²) >= 11 is 0.